The summed E-state index contributed by atoms with van der Waals surface area (Å²) in [6.45, 7) is 6.45. The molecule has 0 saturated carbocycles. The van der Waals surface area contributed by atoms with E-state index in [1.807, 2.05) is 17.0 Å². The SMILES string of the molecule is Cc1ccc(C2CNCCN2C(=O)Nc2ccccn2)cc1C. The summed E-state index contributed by atoms with van der Waals surface area (Å²) >= 11 is 0. The Morgan fingerprint density at radius 2 is 2.13 bits per heavy atom. The van der Waals surface area contributed by atoms with Gasteiger partial charge in [-0.15, -0.1) is 0 Å². The van der Waals surface area contributed by atoms with E-state index >= 15 is 0 Å². The molecule has 0 aliphatic carbocycles. The molecule has 1 saturated heterocycles. The van der Waals surface area contributed by atoms with Crippen LogP contribution in [0, 0.1) is 13.8 Å². The van der Waals surface area contributed by atoms with Crippen LogP contribution < -0.4 is 10.6 Å². The Morgan fingerprint density at radius 1 is 1.26 bits per heavy atom. The van der Waals surface area contributed by atoms with Crippen LogP contribution in [0.4, 0.5) is 10.6 Å². The van der Waals surface area contributed by atoms with Gasteiger partial charge < -0.3 is 10.2 Å². The highest BCUT2D eigenvalue weighted by atomic mass is 16.2. The normalized spacial score (nSPS) is 17.8. The third-order valence-corrected chi connectivity index (χ3v) is 4.32. The minimum absolute atomic E-state index is 0.0340. The molecule has 2 heterocycles. The number of amides is 2. The van der Waals surface area contributed by atoms with Gasteiger partial charge in [0.05, 0.1) is 6.04 Å². The molecular weight excluding hydrogens is 288 g/mol. The first-order valence-electron chi connectivity index (χ1n) is 7.91. The molecule has 1 aliphatic heterocycles. The van der Waals surface area contributed by atoms with Gasteiger partial charge in [0, 0.05) is 25.8 Å². The van der Waals surface area contributed by atoms with E-state index in [9.17, 15) is 4.79 Å². The molecule has 120 valence electrons. The fourth-order valence-corrected chi connectivity index (χ4v) is 2.84. The van der Waals surface area contributed by atoms with Crippen LogP contribution in [0.15, 0.2) is 42.6 Å². The van der Waals surface area contributed by atoms with E-state index in [0.717, 1.165) is 18.7 Å². The van der Waals surface area contributed by atoms with Gasteiger partial charge in [-0.05, 0) is 42.7 Å². The van der Waals surface area contributed by atoms with Crippen molar-refractivity contribution >= 4 is 11.8 Å². The zero-order chi connectivity index (χ0) is 16.2. The van der Waals surface area contributed by atoms with Crippen LogP contribution in [0.5, 0.6) is 0 Å². The summed E-state index contributed by atoms with van der Waals surface area (Å²) in [4.78, 5) is 18.7. The highest BCUT2D eigenvalue weighted by molar-refractivity contribution is 5.88. The summed E-state index contributed by atoms with van der Waals surface area (Å²) < 4.78 is 0. The fourth-order valence-electron chi connectivity index (χ4n) is 2.84. The second kappa shape index (κ2) is 6.79. The van der Waals surface area contributed by atoms with Crippen molar-refractivity contribution in [2.75, 3.05) is 25.0 Å². The lowest BCUT2D eigenvalue weighted by atomic mass is 9.99. The standard InChI is InChI=1S/C18H22N4O/c1-13-6-7-15(11-14(13)2)16-12-19-9-10-22(16)18(23)21-17-5-3-4-8-20-17/h3-8,11,16,19H,9-10,12H2,1-2H3,(H,20,21,23). The van der Waals surface area contributed by atoms with Crippen LogP contribution in [-0.4, -0.2) is 35.5 Å². The molecule has 5 nitrogen and oxygen atoms in total. The number of carbonyl (C=O) groups is 1. The average Bonchev–Trinajstić information content (AvgIpc) is 2.58. The van der Waals surface area contributed by atoms with Crippen molar-refractivity contribution in [1.82, 2.24) is 15.2 Å². The highest BCUT2D eigenvalue weighted by Crippen LogP contribution is 2.25. The molecule has 1 unspecified atom stereocenters. The van der Waals surface area contributed by atoms with Gasteiger partial charge in [0.2, 0.25) is 0 Å². The number of hydrogen-bond donors (Lipinski definition) is 2. The molecule has 2 amide bonds. The first-order valence-corrected chi connectivity index (χ1v) is 7.91. The van der Waals surface area contributed by atoms with Crippen molar-refractivity contribution in [3.63, 3.8) is 0 Å². The number of hydrogen-bond acceptors (Lipinski definition) is 3. The molecule has 0 bridgehead atoms. The summed E-state index contributed by atoms with van der Waals surface area (Å²) in [5, 5.41) is 6.26. The summed E-state index contributed by atoms with van der Waals surface area (Å²) in [6, 6.07) is 11.8. The Labute approximate surface area is 136 Å². The minimum Gasteiger partial charge on any atom is -0.315 e. The van der Waals surface area contributed by atoms with Gasteiger partial charge in [0.15, 0.2) is 0 Å². The maximum atomic E-state index is 12.7. The van der Waals surface area contributed by atoms with Crippen molar-refractivity contribution in [1.29, 1.82) is 0 Å². The number of aromatic nitrogens is 1. The molecule has 0 spiro atoms. The molecule has 5 heteroatoms. The van der Waals surface area contributed by atoms with E-state index in [1.165, 1.54) is 11.1 Å². The van der Waals surface area contributed by atoms with Crippen LogP contribution in [-0.2, 0) is 0 Å². The monoisotopic (exact) mass is 310 g/mol. The lowest BCUT2D eigenvalue weighted by Gasteiger charge is -2.36. The van der Waals surface area contributed by atoms with E-state index in [1.54, 1.807) is 12.3 Å². The molecule has 1 aliphatic rings. The Bertz CT molecular complexity index is 687. The molecule has 1 atom stereocenters. The summed E-state index contributed by atoms with van der Waals surface area (Å²) in [5.41, 5.74) is 3.68. The molecule has 3 rings (SSSR count). The maximum Gasteiger partial charge on any atom is 0.323 e. The lowest BCUT2D eigenvalue weighted by Crippen LogP contribution is -2.50. The Hall–Kier alpha value is -2.40. The van der Waals surface area contributed by atoms with E-state index < -0.39 is 0 Å². The molecular formula is C18H22N4O. The van der Waals surface area contributed by atoms with Crippen LogP contribution in [0.1, 0.15) is 22.7 Å². The molecule has 1 aromatic carbocycles. The summed E-state index contributed by atoms with van der Waals surface area (Å²) in [7, 11) is 0. The summed E-state index contributed by atoms with van der Waals surface area (Å²) in [6.07, 6.45) is 1.67. The number of urea groups is 1. The van der Waals surface area contributed by atoms with Crippen molar-refractivity contribution in [3.8, 4) is 0 Å². The third-order valence-electron chi connectivity index (χ3n) is 4.32. The number of piperazine rings is 1. The summed E-state index contributed by atoms with van der Waals surface area (Å²) in [5.74, 6) is 0.579. The number of carbonyl (C=O) groups excluding carboxylic acids is 1. The first-order chi connectivity index (χ1) is 11.1. The largest absolute Gasteiger partial charge is 0.323 e. The molecule has 1 fully saturated rings. The Kier molecular flexibility index (Phi) is 4.57. The zero-order valence-electron chi connectivity index (χ0n) is 13.5. The number of benzene rings is 1. The number of aryl methyl sites for hydroxylation is 2. The van der Waals surface area contributed by atoms with Crippen LogP contribution in [0.25, 0.3) is 0 Å². The number of rotatable bonds is 2. The van der Waals surface area contributed by atoms with Crippen molar-refractivity contribution in [3.05, 3.63) is 59.3 Å². The minimum atomic E-state index is -0.103. The van der Waals surface area contributed by atoms with Crippen LogP contribution in [0.3, 0.4) is 0 Å². The van der Waals surface area contributed by atoms with E-state index in [-0.39, 0.29) is 12.1 Å². The van der Waals surface area contributed by atoms with E-state index in [0.29, 0.717) is 12.4 Å². The van der Waals surface area contributed by atoms with Gasteiger partial charge >= 0.3 is 6.03 Å². The quantitative estimate of drug-likeness (QED) is 0.897. The molecule has 0 radical (unpaired) electrons. The smallest absolute Gasteiger partial charge is 0.315 e. The zero-order valence-corrected chi connectivity index (χ0v) is 13.5. The van der Waals surface area contributed by atoms with Crippen LogP contribution in [0.2, 0.25) is 0 Å². The first kappa shape index (κ1) is 15.5. The average molecular weight is 310 g/mol. The molecule has 2 N–H and O–H groups in total. The van der Waals surface area contributed by atoms with Gasteiger partial charge in [-0.2, -0.15) is 0 Å². The number of pyridine rings is 1. The van der Waals surface area contributed by atoms with E-state index in [4.69, 9.17) is 0 Å². The predicted molar refractivity (Wildman–Crippen MR) is 91.5 cm³/mol. The highest BCUT2D eigenvalue weighted by Gasteiger charge is 2.28. The number of anilines is 1. The van der Waals surface area contributed by atoms with Crippen molar-refractivity contribution < 1.29 is 4.79 Å². The van der Waals surface area contributed by atoms with E-state index in [2.05, 4.69) is 47.7 Å². The van der Waals surface area contributed by atoms with Crippen molar-refractivity contribution in [2.45, 2.75) is 19.9 Å². The van der Waals surface area contributed by atoms with Gasteiger partial charge in [-0.25, -0.2) is 9.78 Å². The topological polar surface area (TPSA) is 57.3 Å². The lowest BCUT2D eigenvalue weighted by molar-refractivity contribution is 0.171. The van der Waals surface area contributed by atoms with Gasteiger partial charge in [0.25, 0.3) is 0 Å². The molecule has 2 aromatic rings. The molecule has 23 heavy (non-hydrogen) atoms. The second-order valence-corrected chi connectivity index (χ2v) is 5.90. The molecule has 1 aromatic heterocycles. The van der Waals surface area contributed by atoms with Crippen LogP contribution >= 0.6 is 0 Å². The number of nitrogens with one attached hydrogen (secondary N) is 2. The Morgan fingerprint density at radius 3 is 2.87 bits per heavy atom. The second-order valence-electron chi connectivity index (χ2n) is 5.90. The van der Waals surface area contributed by atoms with Gasteiger partial charge in [-0.1, -0.05) is 24.3 Å². The maximum absolute atomic E-state index is 12.7. The van der Waals surface area contributed by atoms with Gasteiger partial charge in [0.1, 0.15) is 5.82 Å². The third kappa shape index (κ3) is 3.51. The fraction of sp³-hybridized carbons (Fsp3) is 0.333. The van der Waals surface area contributed by atoms with Gasteiger partial charge in [-0.3, -0.25) is 5.32 Å². The number of nitrogens with zero attached hydrogens (tertiary/aromatic N) is 2. The predicted octanol–water partition coefficient (Wildman–Crippen LogP) is 2.88. The van der Waals surface area contributed by atoms with Crippen molar-refractivity contribution in [2.24, 2.45) is 0 Å². The Balaban J connectivity index is 1.80.